The highest BCUT2D eigenvalue weighted by Crippen LogP contribution is 2.50. The fourth-order valence-corrected chi connectivity index (χ4v) is 11.1. The summed E-state index contributed by atoms with van der Waals surface area (Å²) in [5.74, 6) is 0. The molecule has 0 fully saturated rings. The lowest BCUT2D eigenvalue weighted by molar-refractivity contribution is 0.660. The zero-order valence-electron chi connectivity index (χ0n) is 36.5. The average Bonchev–Trinajstić information content (AvgIpc) is 3.76. The first-order valence-corrected chi connectivity index (χ1v) is 21.5. The van der Waals surface area contributed by atoms with Crippen LogP contribution in [0.15, 0.2) is 126 Å². The predicted molar refractivity (Wildman–Crippen MR) is 286 cm³/mol. The van der Waals surface area contributed by atoms with Crippen LogP contribution in [0.2, 0.25) is 0 Å². The summed E-state index contributed by atoms with van der Waals surface area (Å²) >= 11 is 0. The minimum atomic E-state index is -0.0601. The summed E-state index contributed by atoms with van der Waals surface area (Å²) in [7, 11) is 18.7. The SMILES string of the molecule is Bc1c(B)c(B)c2c(-c3ccc4oc5c6ccccc6ccc5c4c3)c3c(B)c(B)c(B)c(B)c3c(-c3cccc(-c4ccc5c(c4)C(C)(C)c4ccccc4-5)c3)c2c1B. The molecule has 1 aliphatic rings. The first kappa shape index (κ1) is 37.1. The molecule has 1 nitrogen and oxygen atoms in total. The molecular formula is C51H42B8O. The normalized spacial score (nSPS) is 13.2. The molecule has 0 saturated heterocycles. The zero-order chi connectivity index (χ0) is 41.5. The molecule has 0 amide bonds. The van der Waals surface area contributed by atoms with Gasteiger partial charge in [-0.05, 0) is 113 Å². The first-order chi connectivity index (χ1) is 28.9. The van der Waals surface area contributed by atoms with E-state index < -0.39 is 0 Å². The fourth-order valence-electron chi connectivity index (χ4n) is 11.1. The smallest absolute Gasteiger partial charge is 0.143 e. The van der Waals surface area contributed by atoms with E-state index in [1.165, 1.54) is 126 Å². The highest BCUT2D eigenvalue weighted by atomic mass is 16.3. The molecule has 11 rings (SSSR count). The number of rotatable bonds is 3. The van der Waals surface area contributed by atoms with Crippen molar-refractivity contribution >= 4 is 161 Å². The summed E-state index contributed by atoms with van der Waals surface area (Å²) in [5.41, 5.74) is 25.9. The third-order valence-corrected chi connectivity index (χ3v) is 15.1. The molecule has 1 heterocycles. The van der Waals surface area contributed by atoms with Gasteiger partial charge in [0.15, 0.2) is 0 Å². The standard InChI is InChI=1S/C51H42B8O/c1-51(2)33-13-6-5-12-29(33)30-17-15-25(22-34(30)51)24-9-7-10-26(20-24)36-38-40(44(54)48(58)46(56)42(38)52)37(41-39(36)43(53)47(57)49(59)45(41)55)27-16-19-35-32(21-27)31-18-14-23-8-3-4-11-28(23)50(31)60-35/h3-22H,52-59H2,1-2H3. The van der Waals surface area contributed by atoms with E-state index in [-0.39, 0.29) is 5.41 Å². The van der Waals surface area contributed by atoms with Gasteiger partial charge in [-0.15, -0.1) is 21.9 Å². The van der Waals surface area contributed by atoms with Crippen LogP contribution in [0.4, 0.5) is 0 Å². The molecule has 9 aromatic carbocycles. The van der Waals surface area contributed by atoms with Gasteiger partial charge in [0, 0.05) is 21.6 Å². The summed E-state index contributed by atoms with van der Waals surface area (Å²) < 4.78 is 6.66. The third kappa shape index (κ3) is 4.99. The van der Waals surface area contributed by atoms with Crippen molar-refractivity contribution in [3.8, 4) is 44.5 Å². The van der Waals surface area contributed by atoms with Crippen LogP contribution < -0.4 is 43.7 Å². The summed E-state index contributed by atoms with van der Waals surface area (Å²) in [6.45, 7) is 4.74. The molecule has 276 valence electrons. The third-order valence-electron chi connectivity index (χ3n) is 15.1. The molecule has 9 heteroatoms. The van der Waals surface area contributed by atoms with Crippen LogP contribution in [0.3, 0.4) is 0 Å². The largest absolute Gasteiger partial charge is 0.455 e. The molecule has 0 aliphatic heterocycles. The Labute approximate surface area is 359 Å². The molecule has 0 spiro atoms. The lowest BCUT2D eigenvalue weighted by Crippen LogP contribution is -2.50. The molecule has 1 aliphatic carbocycles. The second-order valence-electron chi connectivity index (χ2n) is 18.2. The molecule has 0 saturated carbocycles. The van der Waals surface area contributed by atoms with Gasteiger partial charge in [-0.25, -0.2) is 0 Å². The van der Waals surface area contributed by atoms with E-state index in [0.717, 1.165) is 27.3 Å². The van der Waals surface area contributed by atoms with Gasteiger partial charge < -0.3 is 4.42 Å². The van der Waals surface area contributed by atoms with Gasteiger partial charge in [-0.3, -0.25) is 0 Å². The molecule has 0 bridgehead atoms. The van der Waals surface area contributed by atoms with Gasteiger partial charge in [-0.1, -0.05) is 127 Å². The van der Waals surface area contributed by atoms with Crippen molar-refractivity contribution in [3.05, 3.63) is 132 Å². The fraction of sp³-hybridized carbons (Fsp3) is 0.0588. The number of fused-ring (bicyclic) bond motifs is 10. The van der Waals surface area contributed by atoms with Crippen molar-refractivity contribution in [2.45, 2.75) is 19.3 Å². The Morgan fingerprint density at radius 2 is 0.917 bits per heavy atom. The van der Waals surface area contributed by atoms with Crippen LogP contribution in [-0.4, -0.2) is 62.8 Å². The van der Waals surface area contributed by atoms with Gasteiger partial charge in [0.05, 0.1) is 0 Å². The van der Waals surface area contributed by atoms with Crippen LogP contribution in [0.5, 0.6) is 0 Å². The molecule has 1 aromatic heterocycles. The van der Waals surface area contributed by atoms with Gasteiger partial charge in [0.25, 0.3) is 0 Å². The van der Waals surface area contributed by atoms with Crippen molar-refractivity contribution in [2.24, 2.45) is 0 Å². The van der Waals surface area contributed by atoms with E-state index in [4.69, 9.17) is 4.42 Å². The van der Waals surface area contributed by atoms with Gasteiger partial charge in [0.2, 0.25) is 0 Å². The maximum atomic E-state index is 6.66. The molecule has 0 radical (unpaired) electrons. The molecular weight excluding hydrogens is 715 g/mol. The van der Waals surface area contributed by atoms with Crippen molar-refractivity contribution in [1.82, 2.24) is 0 Å². The molecule has 0 N–H and O–H groups in total. The molecule has 0 unspecified atom stereocenters. The lowest BCUT2D eigenvalue weighted by atomic mass is 9.59. The van der Waals surface area contributed by atoms with Crippen molar-refractivity contribution < 1.29 is 4.42 Å². The van der Waals surface area contributed by atoms with Gasteiger partial charge in [0.1, 0.15) is 73.9 Å². The van der Waals surface area contributed by atoms with Gasteiger partial charge >= 0.3 is 0 Å². The van der Waals surface area contributed by atoms with Crippen LogP contribution in [-0.2, 0) is 5.41 Å². The van der Waals surface area contributed by atoms with E-state index >= 15 is 0 Å². The molecule has 0 atom stereocenters. The minimum Gasteiger partial charge on any atom is -0.455 e. The van der Waals surface area contributed by atoms with Gasteiger partial charge in [-0.2, -0.15) is 0 Å². The van der Waals surface area contributed by atoms with E-state index in [9.17, 15) is 0 Å². The van der Waals surface area contributed by atoms with E-state index in [1.807, 2.05) is 0 Å². The number of furan rings is 1. The maximum absolute atomic E-state index is 6.66. The Balaban J connectivity index is 1.23. The maximum Gasteiger partial charge on any atom is 0.143 e. The summed E-state index contributed by atoms with van der Waals surface area (Å²) in [4.78, 5) is 0. The number of hydrogen-bond acceptors (Lipinski definition) is 1. The topological polar surface area (TPSA) is 13.1 Å². The van der Waals surface area contributed by atoms with Crippen LogP contribution in [0, 0.1) is 0 Å². The molecule has 10 aromatic rings. The Bertz CT molecular complexity index is 3480. The Morgan fingerprint density at radius 3 is 1.58 bits per heavy atom. The Morgan fingerprint density at radius 1 is 0.383 bits per heavy atom. The highest BCUT2D eigenvalue weighted by molar-refractivity contribution is 6.71. The van der Waals surface area contributed by atoms with Crippen molar-refractivity contribution in [3.63, 3.8) is 0 Å². The van der Waals surface area contributed by atoms with Crippen LogP contribution in [0.25, 0.3) is 98.8 Å². The highest BCUT2D eigenvalue weighted by Gasteiger charge is 2.35. The number of benzene rings is 9. The zero-order valence-corrected chi connectivity index (χ0v) is 36.5. The van der Waals surface area contributed by atoms with E-state index in [2.05, 4.69) is 198 Å². The number of hydrogen-bond donors (Lipinski definition) is 0. The monoisotopic (exact) mass is 758 g/mol. The quantitative estimate of drug-likeness (QED) is 0.189. The second-order valence-corrected chi connectivity index (χ2v) is 18.2. The predicted octanol–water partition coefficient (Wildman–Crippen LogP) is 0.420. The lowest BCUT2D eigenvalue weighted by Gasteiger charge is -2.28. The summed E-state index contributed by atoms with van der Waals surface area (Å²) in [6.07, 6.45) is 0. The Kier molecular flexibility index (Phi) is 8.06. The Hall–Kier alpha value is -5.92. The van der Waals surface area contributed by atoms with E-state index in [0.29, 0.717) is 0 Å². The summed E-state index contributed by atoms with van der Waals surface area (Å²) in [5, 5.41) is 10.1. The van der Waals surface area contributed by atoms with Crippen molar-refractivity contribution in [2.75, 3.05) is 0 Å². The van der Waals surface area contributed by atoms with Crippen molar-refractivity contribution in [1.29, 1.82) is 0 Å². The van der Waals surface area contributed by atoms with E-state index in [1.54, 1.807) is 0 Å². The second kappa shape index (κ2) is 13.0. The first-order valence-electron chi connectivity index (χ1n) is 21.5. The minimum absolute atomic E-state index is 0.0601. The molecule has 60 heavy (non-hydrogen) atoms. The summed E-state index contributed by atoms with van der Waals surface area (Å²) in [6, 6.07) is 45.4. The van der Waals surface area contributed by atoms with Crippen LogP contribution in [0.1, 0.15) is 25.0 Å². The average molecular weight is 757 g/mol. The van der Waals surface area contributed by atoms with Crippen LogP contribution >= 0.6 is 0 Å².